The highest BCUT2D eigenvalue weighted by Gasteiger charge is 2.17. The lowest BCUT2D eigenvalue weighted by Crippen LogP contribution is -2.38. The van der Waals surface area contributed by atoms with Gasteiger partial charge in [-0.05, 0) is 50.6 Å². The molecule has 0 bridgehead atoms. The number of likely N-dealkylation sites (N-methyl/N-ethyl adjacent to an activating group) is 1. The van der Waals surface area contributed by atoms with E-state index < -0.39 is 0 Å². The maximum absolute atomic E-state index is 13.4. The van der Waals surface area contributed by atoms with Gasteiger partial charge in [0.05, 0.1) is 12.6 Å². The number of aliphatic imine (C=N–C) groups is 1. The van der Waals surface area contributed by atoms with Gasteiger partial charge in [0.25, 0.3) is 0 Å². The van der Waals surface area contributed by atoms with E-state index in [-0.39, 0.29) is 35.8 Å². The van der Waals surface area contributed by atoms with Crippen LogP contribution >= 0.6 is 24.0 Å². The van der Waals surface area contributed by atoms with Crippen LogP contribution in [0, 0.1) is 11.7 Å². The molecule has 0 aliphatic heterocycles. The van der Waals surface area contributed by atoms with E-state index >= 15 is 0 Å². The number of rotatable bonds is 6. The fourth-order valence-corrected chi connectivity index (χ4v) is 2.47. The first-order valence-electron chi connectivity index (χ1n) is 7.52. The van der Waals surface area contributed by atoms with Crippen LogP contribution in [0.3, 0.4) is 0 Å². The van der Waals surface area contributed by atoms with Gasteiger partial charge in [-0.1, -0.05) is 18.6 Å². The Bertz CT molecular complexity index is 489. The van der Waals surface area contributed by atoms with Crippen molar-refractivity contribution in [2.75, 3.05) is 27.2 Å². The average molecular weight is 420 g/mol. The lowest BCUT2D eigenvalue weighted by molar-refractivity contribution is 0.304. The van der Waals surface area contributed by atoms with Crippen molar-refractivity contribution in [1.82, 2.24) is 10.2 Å². The van der Waals surface area contributed by atoms with Gasteiger partial charge in [0.15, 0.2) is 5.96 Å². The number of hydrogen-bond acceptors (Lipinski definition) is 2. The lowest BCUT2D eigenvalue weighted by atomic mass is 9.85. The first-order chi connectivity index (χ1) is 10.1. The maximum atomic E-state index is 13.4. The van der Waals surface area contributed by atoms with Crippen LogP contribution in [0.2, 0.25) is 0 Å². The molecular formula is C16H26FIN4. The Balaban J connectivity index is 0.00000242. The summed E-state index contributed by atoms with van der Waals surface area (Å²) in [5.41, 5.74) is 6.82. The van der Waals surface area contributed by atoms with Gasteiger partial charge < -0.3 is 16.0 Å². The first kappa shape index (κ1) is 19.2. The highest BCUT2D eigenvalue weighted by atomic mass is 127. The molecule has 22 heavy (non-hydrogen) atoms. The van der Waals surface area contributed by atoms with Crippen LogP contribution < -0.4 is 11.1 Å². The average Bonchev–Trinajstić information content (AvgIpc) is 2.36. The molecule has 1 saturated carbocycles. The molecule has 1 unspecified atom stereocenters. The number of nitrogens with zero attached hydrogens (tertiary/aromatic N) is 2. The number of nitrogens with two attached hydrogens (primary N) is 1. The lowest BCUT2D eigenvalue weighted by Gasteiger charge is -2.26. The summed E-state index contributed by atoms with van der Waals surface area (Å²) in [6.07, 6.45) is 3.89. The predicted octanol–water partition coefficient (Wildman–Crippen LogP) is 2.75. The third kappa shape index (κ3) is 5.72. The van der Waals surface area contributed by atoms with Gasteiger partial charge in [0.1, 0.15) is 5.82 Å². The summed E-state index contributed by atoms with van der Waals surface area (Å²) in [6, 6.07) is 6.67. The summed E-state index contributed by atoms with van der Waals surface area (Å²) in [6.45, 7) is 1.42. The van der Waals surface area contributed by atoms with E-state index in [2.05, 4.69) is 10.3 Å². The van der Waals surface area contributed by atoms with Crippen molar-refractivity contribution in [2.24, 2.45) is 16.6 Å². The van der Waals surface area contributed by atoms with Gasteiger partial charge >= 0.3 is 0 Å². The number of guanidine groups is 1. The fourth-order valence-electron chi connectivity index (χ4n) is 2.47. The van der Waals surface area contributed by atoms with E-state index in [0.29, 0.717) is 12.5 Å². The molecule has 0 saturated heterocycles. The van der Waals surface area contributed by atoms with E-state index in [1.807, 2.05) is 25.1 Å². The number of benzene rings is 1. The molecule has 3 N–H and O–H groups in total. The third-order valence-electron chi connectivity index (χ3n) is 4.09. The van der Waals surface area contributed by atoms with Crippen molar-refractivity contribution in [2.45, 2.75) is 25.3 Å². The van der Waals surface area contributed by atoms with Crippen molar-refractivity contribution in [3.05, 3.63) is 35.6 Å². The highest BCUT2D eigenvalue weighted by molar-refractivity contribution is 14.0. The third-order valence-corrected chi connectivity index (χ3v) is 4.09. The second kappa shape index (κ2) is 9.29. The van der Waals surface area contributed by atoms with E-state index in [1.165, 1.54) is 25.3 Å². The molecule has 1 aliphatic rings. The van der Waals surface area contributed by atoms with Crippen LogP contribution in [-0.4, -0.2) is 38.0 Å². The molecule has 1 atom stereocenters. The minimum atomic E-state index is -0.223. The van der Waals surface area contributed by atoms with Crippen LogP contribution in [0.1, 0.15) is 30.9 Å². The van der Waals surface area contributed by atoms with Crippen molar-refractivity contribution in [3.8, 4) is 0 Å². The molecule has 2 rings (SSSR count). The zero-order valence-electron chi connectivity index (χ0n) is 13.3. The van der Waals surface area contributed by atoms with Crippen LogP contribution in [0.4, 0.5) is 4.39 Å². The molecule has 0 aromatic heterocycles. The van der Waals surface area contributed by atoms with Crippen molar-refractivity contribution in [1.29, 1.82) is 0 Å². The molecule has 1 aromatic carbocycles. The molecule has 4 nitrogen and oxygen atoms in total. The molecule has 1 aliphatic carbocycles. The largest absolute Gasteiger partial charge is 0.370 e. The Morgan fingerprint density at radius 1 is 1.45 bits per heavy atom. The SMILES string of the molecule is CN(C)C(CN=C(N)NCC1CCC1)c1cccc(F)c1.I. The second-order valence-corrected chi connectivity index (χ2v) is 5.94. The van der Waals surface area contributed by atoms with E-state index in [4.69, 9.17) is 5.73 Å². The van der Waals surface area contributed by atoms with Crippen LogP contribution in [0.25, 0.3) is 0 Å². The zero-order valence-corrected chi connectivity index (χ0v) is 15.6. The Hall–Kier alpha value is -0.890. The van der Waals surface area contributed by atoms with Gasteiger partial charge in [-0.2, -0.15) is 0 Å². The summed E-state index contributed by atoms with van der Waals surface area (Å²) in [4.78, 5) is 6.43. The van der Waals surface area contributed by atoms with Crippen LogP contribution in [0.5, 0.6) is 0 Å². The Labute approximate surface area is 149 Å². The Kier molecular flexibility index (Phi) is 8.09. The summed E-state index contributed by atoms with van der Waals surface area (Å²) in [5.74, 6) is 0.996. The smallest absolute Gasteiger partial charge is 0.188 e. The predicted molar refractivity (Wildman–Crippen MR) is 100 cm³/mol. The van der Waals surface area contributed by atoms with Crippen molar-refractivity contribution >= 4 is 29.9 Å². The quantitative estimate of drug-likeness (QED) is 0.423. The molecule has 0 heterocycles. The van der Waals surface area contributed by atoms with Gasteiger partial charge in [0, 0.05) is 6.54 Å². The Morgan fingerprint density at radius 3 is 2.73 bits per heavy atom. The fraction of sp³-hybridized carbons (Fsp3) is 0.562. The zero-order chi connectivity index (χ0) is 15.2. The normalized spacial score (nSPS) is 16.8. The summed E-state index contributed by atoms with van der Waals surface area (Å²) < 4.78 is 13.4. The summed E-state index contributed by atoms with van der Waals surface area (Å²) in [5, 5.41) is 3.18. The van der Waals surface area contributed by atoms with Gasteiger partial charge in [-0.15, -0.1) is 24.0 Å². The first-order valence-corrected chi connectivity index (χ1v) is 7.52. The van der Waals surface area contributed by atoms with E-state index in [9.17, 15) is 4.39 Å². The van der Waals surface area contributed by atoms with Crippen molar-refractivity contribution < 1.29 is 4.39 Å². The summed E-state index contributed by atoms with van der Waals surface area (Å²) in [7, 11) is 3.92. The topological polar surface area (TPSA) is 53.6 Å². The summed E-state index contributed by atoms with van der Waals surface area (Å²) >= 11 is 0. The number of hydrogen-bond donors (Lipinski definition) is 2. The molecule has 0 radical (unpaired) electrons. The maximum Gasteiger partial charge on any atom is 0.188 e. The van der Waals surface area contributed by atoms with Gasteiger partial charge in [-0.3, -0.25) is 4.99 Å². The Morgan fingerprint density at radius 2 is 2.18 bits per heavy atom. The monoisotopic (exact) mass is 420 g/mol. The molecule has 6 heteroatoms. The molecular weight excluding hydrogens is 394 g/mol. The van der Waals surface area contributed by atoms with Crippen LogP contribution in [-0.2, 0) is 0 Å². The van der Waals surface area contributed by atoms with Gasteiger partial charge in [0.2, 0.25) is 0 Å². The van der Waals surface area contributed by atoms with E-state index in [1.54, 1.807) is 12.1 Å². The van der Waals surface area contributed by atoms with Gasteiger partial charge in [-0.25, -0.2) is 4.39 Å². The molecule has 124 valence electrons. The molecule has 0 amide bonds. The minimum absolute atomic E-state index is 0. The van der Waals surface area contributed by atoms with Crippen LogP contribution in [0.15, 0.2) is 29.3 Å². The number of halogens is 2. The number of nitrogens with one attached hydrogen (secondary N) is 1. The standard InChI is InChI=1S/C16H25FN4.HI/c1-21(2)15(13-7-4-8-14(17)9-13)11-20-16(18)19-10-12-5-3-6-12;/h4,7-9,12,15H,3,5-6,10-11H2,1-2H3,(H3,18,19,20);1H. The minimum Gasteiger partial charge on any atom is -0.370 e. The molecule has 1 fully saturated rings. The molecule has 0 spiro atoms. The highest BCUT2D eigenvalue weighted by Crippen LogP contribution is 2.25. The van der Waals surface area contributed by atoms with Crippen molar-refractivity contribution in [3.63, 3.8) is 0 Å². The second-order valence-electron chi connectivity index (χ2n) is 5.94. The molecule has 1 aromatic rings. The van der Waals surface area contributed by atoms with E-state index in [0.717, 1.165) is 18.0 Å².